The number of rotatable bonds is 8. The van der Waals surface area contributed by atoms with E-state index in [0.717, 1.165) is 29.6 Å². The Labute approximate surface area is 161 Å². The van der Waals surface area contributed by atoms with Crippen LogP contribution in [0.25, 0.3) is 6.08 Å². The summed E-state index contributed by atoms with van der Waals surface area (Å²) in [5, 5.41) is 8.64. The number of carboxylic acid groups (broad SMARTS) is 1. The van der Waals surface area contributed by atoms with Gasteiger partial charge in [0.25, 0.3) is 0 Å². The Kier molecular flexibility index (Phi) is 7.05. The molecule has 1 N–H and O–H groups in total. The fourth-order valence-electron chi connectivity index (χ4n) is 2.66. The van der Waals surface area contributed by atoms with Crippen LogP contribution in [0.2, 0.25) is 0 Å². The second-order valence-corrected chi connectivity index (χ2v) is 7.37. The highest BCUT2D eigenvalue weighted by atomic mass is 16.5. The number of carbonyl (C=O) groups is 1. The second kappa shape index (κ2) is 9.26. The van der Waals surface area contributed by atoms with Gasteiger partial charge in [0.1, 0.15) is 24.7 Å². The smallest absolute Gasteiger partial charge is 0.328 e. The van der Waals surface area contributed by atoms with E-state index < -0.39 is 5.97 Å². The first-order valence-electron chi connectivity index (χ1n) is 9.19. The first-order chi connectivity index (χ1) is 12.8. The van der Waals surface area contributed by atoms with Crippen LogP contribution in [0.4, 0.5) is 0 Å². The normalized spacial score (nSPS) is 11.6. The summed E-state index contributed by atoms with van der Waals surface area (Å²) < 4.78 is 11.7. The predicted octanol–water partition coefficient (Wildman–Crippen LogP) is 5.10. The van der Waals surface area contributed by atoms with E-state index in [9.17, 15) is 4.79 Å². The van der Waals surface area contributed by atoms with Crippen molar-refractivity contribution in [1.82, 2.24) is 0 Å². The molecule has 0 spiro atoms. The molecule has 0 radical (unpaired) electrons. The molecule has 0 bridgehead atoms. The van der Waals surface area contributed by atoms with Crippen molar-refractivity contribution in [3.05, 3.63) is 65.2 Å². The minimum atomic E-state index is -0.964. The van der Waals surface area contributed by atoms with Gasteiger partial charge in [-0.2, -0.15) is 0 Å². The first kappa shape index (κ1) is 20.6. The number of hydrogen-bond acceptors (Lipinski definition) is 3. The molecule has 2 aromatic rings. The molecule has 0 aromatic heterocycles. The molecular weight excluding hydrogens is 340 g/mol. The highest BCUT2D eigenvalue weighted by Crippen LogP contribution is 2.32. The summed E-state index contributed by atoms with van der Waals surface area (Å²) in [5.41, 5.74) is 3.34. The molecule has 144 valence electrons. The van der Waals surface area contributed by atoms with Crippen LogP contribution in [0.1, 0.15) is 44.4 Å². The quantitative estimate of drug-likeness (QED) is 0.520. The van der Waals surface area contributed by atoms with E-state index >= 15 is 0 Å². The number of benzene rings is 2. The lowest BCUT2D eigenvalue weighted by molar-refractivity contribution is -0.131. The van der Waals surface area contributed by atoms with E-state index in [1.165, 1.54) is 11.1 Å². The fraction of sp³-hybridized carbons (Fsp3) is 0.348. The van der Waals surface area contributed by atoms with Crippen LogP contribution in [0.3, 0.4) is 0 Å². The van der Waals surface area contributed by atoms with Gasteiger partial charge in [0.05, 0.1) is 0 Å². The zero-order valence-corrected chi connectivity index (χ0v) is 16.5. The zero-order valence-electron chi connectivity index (χ0n) is 16.5. The van der Waals surface area contributed by atoms with Gasteiger partial charge in [0.15, 0.2) is 0 Å². The highest BCUT2D eigenvalue weighted by molar-refractivity contribution is 5.85. The van der Waals surface area contributed by atoms with Crippen molar-refractivity contribution in [3.63, 3.8) is 0 Å². The lowest BCUT2D eigenvalue weighted by Gasteiger charge is -2.23. The van der Waals surface area contributed by atoms with E-state index in [4.69, 9.17) is 14.6 Å². The molecule has 4 nitrogen and oxygen atoms in total. The van der Waals surface area contributed by atoms with Crippen molar-refractivity contribution in [2.24, 2.45) is 0 Å². The topological polar surface area (TPSA) is 55.8 Å². The summed E-state index contributed by atoms with van der Waals surface area (Å²) in [4.78, 5) is 10.5. The molecule has 0 amide bonds. The SMILES string of the molecule is CCc1ccc(OCCOc2ccc(C=CC(=O)O)cc2)c(C(C)(C)C)c1. The van der Waals surface area contributed by atoms with Crippen LogP contribution in [0, 0.1) is 0 Å². The number of carboxylic acids is 1. The fourth-order valence-corrected chi connectivity index (χ4v) is 2.66. The van der Waals surface area contributed by atoms with E-state index in [-0.39, 0.29) is 5.41 Å². The van der Waals surface area contributed by atoms with Crippen LogP contribution in [-0.2, 0) is 16.6 Å². The van der Waals surface area contributed by atoms with Gasteiger partial charge < -0.3 is 14.6 Å². The summed E-state index contributed by atoms with van der Waals surface area (Å²) in [6.45, 7) is 9.60. The molecule has 2 rings (SSSR count). The maximum absolute atomic E-state index is 10.5. The molecule has 0 aliphatic carbocycles. The molecule has 0 aliphatic rings. The van der Waals surface area contributed by atoms with E-state index in [1.54, 1.807) is 6.08 Å². The monoisotopic (exact) mass is 368 g/mol. The molecule has 0 unspecified atom stereocenters. The second-order valence-electron chi connectivity index (χ2n) is 7.37. The minimum absolute atomic E-state index is 0.0146. The molecular formula is C23H28O4. The molecule has 2 aromatic carbocycles. The Morgan fingerprint density at radius 1 is 1.04 bits per heavy atom. The zero-order chi connectivity index (χ0) is 19.9. The third kappa shape index (κ3) is 6.48. The molecule has 0 heterocycles. The molecule has 0 saturated heterocycles. The van der Waals surface area contributed by atoms with Gasteiger partial charge in [-0.3, -0.25) is 0 Å². The Balaban J connectivity index is 1.91. The molecule has 4 heteroatoms. The van der Waals surface area contributed by atoms with Crippen molar-refractivity contribution in [2.75, 3.05) is 13.2 Å². The van der Waals surface area contributed by atoms with Gasteiger partial charge in [-0.25, -0.2) is 4.79 Å². The van der Waals surface area contributed by atoms with Crippen molar-refractivity contribution in [3.8, 4) is 11.5 Å². The van der Waals surface area contributed by atoms with Gasteiger partial charge in [-0.15, -0.1) is 0 Å². The lowest BCUT2D eigenvalue weighted by Crippen LogP contribution is -2.16. The summed E-state index contributed by atoms with van der Waals surface area (Å²) in [6.07, 6.45) is 3.66. The minimum Gasteiger partial charge on any atom is -0.490 e. The first-order valence-corrected chi connectivity index (χ1v) is 9.19. The Hall–Kier alpha value is -2.75. The molecule has 27 heavy (non-hydrogen) atoms. The van der Waals surface area contributed by atoms with Crippen molar-refractivity contribution >= 4 is 12.0 Å². The summed E-state index contributed by atoms with van der Waals surface area (Å²) in [5.74, 6) is 0.662. The number of ether oxygens (including phenoxy) is 2. The molecule has 0 atom stereocenters. The predicted molar refractivity (Wildman–Crippen MR) is 109 cm³/mol. The standard InChI is InChI=1S/C23H28O4/c1-5-17-8-12-21(20(16-17)23(2,3)4)27-15-14-26-19-10-6-18(7-11-19)9-13-22(24)25/h6-13,16H,5,14-15H2,1-4H3,(H,24,25). The maximum atomic E-state index is 10.5. The summed E-state index contributed by atoms with van der Waals surface area (Å²) >= 11 is 0. The van der Waals surface area contributed by atoms with Crippen LogP contribution in [0.15, 0.2) is 48.5 Å². The summed E-state index contributed by atoms with van der Waals surface area (Å²) in [7, 11) is 0. The number of hydrogen-bond donors (Lipinski definition) is 1. The number of aryl methyl sites for hydroxylation is 1. The van der Waals surface area contributed by atoms with E-state index in [0.29, 0.717) is 13.2 Å². The van der Waals surface area contributed by atoms with Crippen LogP contribution in [0.5, 0.6) is 11.5 Å². The highest BCUT2D eigenvalue weighted by Gasteiger charge is 2.19. The van der Waals surface area contributed by atoms with Gasteiger partial charge in [0.2, 0.25) is 0 Å². The average molecular weight is 368 g/mol. The number of aliphatic carboxylic acids is 1. The third-order valence-electron chi connectivity index (χ3n) is 4.17. The molecule has 0 fully saturated rings. The largest absolute Gasteiger partial charge is 0.490 e. The Morgan fingerprint density at radius 3 is 2.30 bits per heavy atom. The van der Waals surface area contributed by atoms with Gasteiger partial charge >= 0.3 is 5.97 Å². The van der Waals surface area contributed by atoms with Gasteiger partial charge in [-0.1, -0.05) is 52.0 Å². The summed E-state index contributed by atoms with van der Waals surface area (Å²) in [6, 6.07) is 13.6. The third-order valence-corrected chi connectivity index (χ3v) is 4.17. The Bertz CT molecular complexity index is 783. The van der Waals surface area contributed by atoms with Gasteiger partial charge in [0, 0.05) is 6.08 Å². The van der Waals surface area contributed by atoms with Crippen molar-refractivity contribution in [2.45, 2.75) is 39.5 Å². The van der Waals surface area contributed by atoms with E-state index in [2.05, 4.69) is 39.8 Å². The molecule has 0 saturated carbocycles. The molecule has 0 aliphatic heterocycles. The van der Waals surface area contributed by atoms with Crippen LogP contribution < -0.4 is 9.47 Å². The van der Waals surface area contributed by atoms with Gasteiger partial charge in [-0.05, 0) is 52.8 Å². The van der Waals surface area contributed by atoms with Crippen molar-refractivity contribution in [1.29, 1.82) is 0 Å². The van der Waals surface area contributed by atoms with Crippen LogP contribution in [-0.4, -0.2) is 24.3 Å². The van der Waals surface area contributed by atoms with Crippen LogP contribution >= 0.6 is 0 Å². The lowest BCUT2D eigenvalue weighted by atomic mass is 9.85. The maximum Gasteiger partial charge on any atom is 0.328 e. The van der Waals surface area contributed by atoms with Crippen molar-refractivity contribution < 1.29 is 19.4 Å². The average Bonchev–Trinajstić information content (AvgIpc) is 2.63. The Morgan fingerprint density at radius 2 is 1.70 bits per heavy atom. The van der Waals surface area contributed by atoms with E-state index in [1.807, 2.05) is 30.3 Å².